The Hall–Kier alpha value is -0.293. The summed E-state index contributed by atoms with van der Waals surface area (Å²) in [7, 11) is -1.75. The maximum absolute atomic E-state index is 6.62. The van der Waals surface area contributed by atoms with E-state index in [0.717, 1.165) is 12.4 Å². The molecule has 0 amide bonds. The van der Waals surface area contributed by atoms with Crippen LogP contribution in [0.3, 0.4) is 0 Å². The molecule has 0 saturated carbocycles. The SMILES string of the molecule is CC(C)[Si](OC[C@@H]1O[C@H]1CSc1ccccc1)(C(C)C)C(C)C. The molecule has 1 aromatic carbocycles. The third-order valence-electron chi connectivity index (χ3n) is 5.05. The molecule has 0 N–H and O–H groups in total. The Morgan fingerprint density at radius 2 is 1.52 bits per heavy atom. The second kappa shape index (κ2) is 8.19. The maximum atomic E-state index is 6.62. The van der Waals surface area contributed by atoms with E-state index in [1.54, 1.807) is 0 Å². The van der Waals surface area contributed by atoms with Gasteiger partial charge in [0.1, 0.15) is 6.10 Å². The van der Waals surface area contributed by atoms with Crippen molar-refractivity contribution in [3.8, 4) is 0 Å². The Labute approximate surface area is 147 Å². The van der Waals surface area contributed by atoms with Crippen molar-refractivity contribution in [2.75, 3.05) is 12.4 Å². The summed E-state index contributed by atoms with van der Waals surface area (Å²) >= 11 is 1.88. The first-order valence-electron chi connectivity index (χ1n) is 8.85. The van der Waals surface area contributed by atoms with E-state index < -0.39 is 8.32 Å². The molecule has 130 valence electrons. The lowest BCUT2D eigenvalue weighted by Crippen LogP contribution is -2.48. The van der Waals surface area contributed by atoms with Crippen LogP contribution in [0.15, 0.2) is 35.2 Å². The second-order valence-corrected chi connectivity index (χ2v) is 14.0. The molecule has 23 heavy (non-hydrogen) atoms. The van der Waals surface area contributed by atoms with Crippen molar-refractivity contribution in [3.63, 3.8) is 0 Å². The molecule has 2 rings (SSSR count). The Bertz CT molecular complexity index is 454. The van der Waals surface area contributed by atoms with Gasteiger partial charge in [-0.25, -0.2) is 0 Å². The van der Waals surface area contributed by atoms with E-state index in [4.69, 9.17) is 9.16 Å². The quantitative estimate of drug-likeness (QED) is 0.321. The van der Waals surface area contributed by atoms with E-state index in [1.165, 1.54) is 4.90 Å². The van der Waals surface area contributed by atoms with Crippen molar-refractivity contribution in [3.05, 3.63) is 30.3 Å². The molecule has 0 spiro atoms. The van der Waals surface area contributed by atoms with Crippen LogP contribution < -0.4 is 0 Å². The molecule has 1 saturated heterocycles. The van der Waals surface area contributed by atoms with Gasteiger partial charge in [-0.05, 0) is 28.8 Å². The van der Waals surface area contributed by atoms with Crippen molar-refractivity contribution in [1.82, 2.24) is 0 Å². The summed E-state index contributed by atoms with van der Waals surface area (Å²) in [5.74, 6) is 1.03. The summed E-state index contributed by atoms with van der Waals surface area (Å²) in [5.41, 5.74) is 1.91. The number of benzene rings is 1. The minimum Gasteiger partial charge on any atom is -0.413 e. The maximum Gasteiger partial charge on any atom is 0.200 e. The fourth-order valence-electron chi connectivity index (χ4n) is 3.89. The Kier molecular flexibility index (Phi) is 6.78. The zero-order valence-corrected chi connectivity index (χ0v) is 17.2. The summed E-state index contributed by atoms with van der Waals surface area (Å²) in [6.07, 6.45) is 0.660. The highest BCUT2D eigenvalue weighted by molar-refractivity contribution is 7.99. The zero-order chi connectivity index (χ0) is 17.0. The smallest absolute Gasteiger partial charge is 0.200 e. The number of epoxide rings is 1. The fourth-order valence-corrected chi connectivity index (χ4v) is 10.3. The molecule has 0 aromatic heterocycles. The first-order valence-corrected chi connectivity index (χ1v) is 12.0. The van der Waals surface area contributed by atoms with Crippen LogP contribution in [0.4, 0.5) is 0 Å². The van der Waals surface area contributed by atoms with Crippen LogP contribution in [0.2, 0.25) is 16.6 Å². The fraction of sp³-hybridized carbons (Fsp3) is 0.684. The first kappa shape index (κ1) is 19.0. The van der Waals surface area contributed by atoms with E-state index in [-0.39, 0.29) is 0 Å². The van der Waals surface area contributed by atoms with Gasteiger partial charge in [-0.3, -0.25) is 0 Å². The lowest BCUT2D eigenvalue weighted by Gasteiger charge is -2.42. The van der Waals surface area contributed by atoms with E-state index in [0.29, 0.717) is 28.8 Å². The lowest BCUT2D eigenvalue weighted by atomic mass is 10.4. The van der Waals surface area contributed by atoms with E-state index >= 15 is 0 Å². The standard InChI is InChI=1S/C19H32O2SSi/c1-14(2)23(15(3)4,16(5)6)20-12-18-19(21-18)13-22-17-10-8-7-9-11-17/h7-11,14-16,18-19H,12-13H2,1-6H3/t18-,19-/m0/s1. The molecular weight excluding hydrogens is 320 g/mol. The molecule has 2 atom stereocenters. The number of hydrogen-bond acceptors (Lipinski definition) is 3. The van der Waals surface area contributed by atoms with Gasteiger partial charge in [0.2, 0.25) is 0 Å². The average molecular weight is 353 g/mol. The van der Waals surface area contributed by atoms with Crippen molar-refractivity contribution in [1.29, 1.82) is 0 Å². The molecule has 0 radical (unpaired) electrons. The van der Waals surface area contributed by atoms with Gasteiger partial charge < -0.3 is 9.16 Å². The number of hydrogen-bond donors (Lipinski definition) is 0. The summed E-state index contributed by atoms with van der Waals surface area (Å²) < 4.78 is 12.5. The second-order valence-electron chi connectivity index (χ2n) is 7.47. The minimum atomic E-state index is -1.75. The molecule has 0 aliphatic carbocycles. The van der Waals surface area contributed by atoms with Crippen molar-refractivity contribution in [2.24, 2.45) is 0 Å². The number of rotatable bonds is 9. The predicted octanol–water partition coefficient (Wildman–Crippen LogP) is 5.74. The van der Waals surface area contributed by atoms with Gasteiger partial charge in [0.25, 0.3) is 0 Å². The van der Waals surface area contributed by atoms with E-state index in [9.17, 15) is 0 Å². The van der Waals surface area contributed by atoms with Gasteiger partial charge in [-0.1, -0.05) is 59.7 Å². The van der Waals surface area contributed by atoms with Crippen molar-refractivity contribution < 1.29 is 9.16 Å². The third-order valence-corrected chi connectivity index (χ3v) is 12.2. The first-order chi connectivity index (χ1) is 10.9. The lowest BCUT2D eigenvalue weighted by molar-refractivity contribution is 0.235. The van der Waals surface area contributed by atoms with Crippen LogP contribution >= 0.6 is 11.8 Å². The van der Waals surface area contributed by atoms with Gasteiger partial charge in [-0.15, -0.1) is 11.8 Å². The third kappa shape index (κ3) is 4.62. The summed E-state index contributed by atoms with van der Waals surface area (Å²) in [6.45, 7) is 14.8. The van der Waals surface area contributed by atoms with E-state index in [2.05, 4.69) is 71.9 Å². The normalized spacial score (nSPS) is 21.4. The summed E-state index contributed by atoms with van der Waals surface area (Å²) in [4.78, 5) is 1.32. The number of ether oxygens (including phenoxy) is 1. The van der Waals surface area contributed by atoms with Gasteiger partial charge in [0, 0.05) is 10.6 Å². The Balaban J connectivity index is 1.82. The summed E-state index contributed by atoms with van der Waals surface area (Å²) in [5, 5.41) is 0. The topological polar surface area (TPSA) is 21.8 Å². The van der Waals surface area contributed by atoms with Crippen LogP contribution in [-0.2, 0) is 9.16 Å². The van der Waals surface area contributed by atoms with Crippen LogP contribution in [-0.4, -0.2) is 32.9 Å². The predicted molar refractivity (Wildman–Crippen MR) is 103 cm³/mol. The Morgan fingerprint density at radius 1 is 0.957 bits per heavy atom. The molecule has 0 unspecified atom stereocenters. The zero-order valence-electron chi connectivity index (χ0n) is 15.4. The van der Waals surface area contributed by atoms with Gasteiger partial charge in [0.05, 0.1) is 12.7 Å². The summed E-state index contributed by atoms with van der Waals surface area (Å²) in [6, 6.07) is 10.6. The largest absolute Gasteiger partial charge is 0.413 e. The molecule has 0 bridgehead atoms. The van der Waals surface area contributed by atoms with Crippen molar-refractivity contribution in [2.45, 2.75) is 75.3 Å². The molecule has 1 aliphatic heterocycles. The van der Waals surface area contributed by atoms with Crippen LogP contribution in [0.5, 0.6) is 0 Å². The van der Waals surface area contributed by atoms with Gasteiger partial charge in [0.15, 0.2) is 8.32 Å². The van der Waals surface area contributed by atoms with E-state index in [1.807, 2.05) is 11.8 Å². The highest BCUT2D eigenvalue weighted by atomic mass is 32.2. The minimum absolute atomic E-state index is 0.300. The average Bonchev–Trinajstić information content (AvgIpc) is 3.24. The molecular formula is C19H32O2SSi. The highest BCUT2D eigenvalue weighted by Gasteiger charge is 2.48. The molecule has 2 nitrogen and oxygen atoms in total. The molecule has 1 aliphatic rings. The molecule has 1 heterocycles. The highest BCUT2D eigenvalue weighted by Crippen LogP contribution is 2.43. The van der Waals surface area contributed by atoms with Gasteiger partial charge >= 0.3 is 0 Å². The monoisotopic (exact) mass is 352 g/mol. The number of thioether (sulfide) groups is 1. The Morgan fingerprint density at radius 3 is 2.04 bits per heavy atom. The molecule has 1 aromatic rings. The van der Waals surface area contributed by atoms with Gasteiger partial charge in [-0.2, -0.15) is 0 Å². The van der Waals surface area contributed by atoms with Crippen LogP contribution in [0.25, 0.3) is 0 Å². The molecule has 4 heteroatoms. The van der Waals surface area contributed by atoms with Crippen LogP contribution in [0.1, 0.15) is 41.5 Å². The molecule has 1 fully saturated rings. The van der Waals surface area contributed by atoms with Crippen molar-refractivity contribution >= 4 is 20.1 Å². The van der Waals surface area contributed by atoms with Crippen LogP contribution in [0, 0.1) is 0 Å².